The van der Waals surface area contributed by atoms with Crippen LogP contribution >= 0.6 is 0 Å². The molecule has 0 aliphatic rings. The Bertz CT molecular complexity index is 1220. The molecule has 0 bridgehead atoms. The zero-order valence-corrected chi connectivity index (χ0v) is 21.4. The molecule has 0 fully saturated rings. The molecule has 4 nitrogen and oxygen atoms in total. The molecule has 10 heteroatoms. The summed E-state index contributed by atoms with van der Waals surface area (Å²) in [4.78, 5) is 8.10. The third-order valence-electron chi connectivity index (χ3n) is 4.43. The first-order valence-electron chi connectivity index (χ1n) is 10.2. The van der Waals surface area contributed by atoms with Crippen molar-refractivity contribution >= 4 is 0 Å². The van der Waals surface area contributed by atoms with Gasteiger partial charge in [-0.3, -0.25) is 13.8 Å². The van der Waals surface area contributed by atoms with Crippen LogP contribution in [0.15, 0.2) is 60.9 Å². The number of halogens is 5. The molecule has 0 saturated heterocycles. The van der Waals surface area contributed by atoms with E-state index in [1.807, 2.05) is 6.07 Å². The summed E-state index contributed by atoms with van der Waals surface area (Å²) in [5, 5.41) is 6.47. The van der Waals surface area contributed by atoms with Gasteiger partial charge in [0.25, 0.3) is 0 Å². The first-order chi connectivity index (χ1) is 15.9. The van der Waals surface area contributed by atoms with Crippen LogP contribution in [0.4, 0.5) is 22.0 Å². The predicted molar refractivity (Wildman–Crippen MR) is 117 cm³/mol. The minimum atomic E-state index is -4.46. The van der Waals surface area contributed by atoms with E-state index in [0.717, 1.165) is 30.2 Å². The van der Waals surface area contributed by atoms with Crippen molar-refractivity contribution < 1.29 is 42.1 Å². The molecule has 35 heavy (non-hydrogen) atoms. The minimum absolute atomic E-state index is 0. The normalized spacial score (nSPS) is 11.3. The van der Waals surface area contributed by atoms with E-state index in [2.05, 4.69) is 47.0 Å². The molecule has 0 N–H and O–H groups in total. The van der Waals surface area contributed by atoms with Gasteiger partial charge in [-0.15, -0.1) is 12.1 Å². The maximum atomic E-state index is 13.6. The van der Waals surface area contributed by atoms with E-state index < -0.39 is 23.5 Å². The number of benzene rings is 1. The molecular weight excluding hydrogens is 644 g/mol. The topological polar surface area (TPSA) is 52.8 Å². The summed E-state index contributed by atoms with van der Waals surface area (Å²) in [6, 6.07) is 14.0. The van der Waals surface area contributed by atoms with Crippen molar-refractivity contribution in [3.8, 4) is 22.6 Å². The summed E-state index contributed by atoms with van der Waals surface area (Å²) in [5.74, 6) is -1.28. The largest absolute Gasteiger partial charge is 0.573 e. The van der Waals surface area contributed by atoms with Gasteiger partial charge in [-0.25, -0.2) is 0 Å². The van der Waals surface area contributed by atoms with E-state index in [1.54, 1.807) is 30.5 Å². The fourth-order valence-corrected chi connectivity index (χ4v) is 3.00. The van der Waals surface area contributed by atoms with E-state index in [1.165, 1.54) is 6.20 Å². The molecule has 0 unspecified atom stereocenters. The Labute approximate surface area is 213 Å². The number of rotatable bonds is 3. The van der Waals surface area contributed by atoms with E-state index in [4.69, 9.17) is 0 Å². The number of hydrogen-bond donors (Lipinski definition) is 0. The SMILES string of the molecule is CC(C)(C)Cc1ccc(-c2[c-]cc(F)cc2F)nc1.FC(F)(F)c1cc(-c2ccccn2)[n-]n1.[Ir]. The molecule has 0 aliphatic heterocycles. The summed E-state index contributed by atoms with van der Waals surface area (Å²) in [5.41, 5.74) is 1.44. The molecule has 1 radical (unpaired) electrons. The smallest absolute Gasteiger partial charge is 0.431 e. The molecular formula is C25H21F5IrN4-2. The average molecular weight is 665 g/mol. The van der Waals surface area contributed by atoms with Crippen molar-refractivity contribution in [3.63, 3.8) is 0 Å². The third kappa shape index (κ3) is 8.33. The number of alkyl halides is 3. The third-order valence-corrected chi connectivity index (χ3v) is 4.43. The van der Waals surface area contributed by atoms with Gasteiger partial charge in [0.15, 0.2) is 0 Å². The van der Waals surface area contributed by atoms with Crippen LogP contribution in [0, 0.1) is 23.1 Å². The maximum absolute atomic E-state index is 13.6. The maximum Gasteiger partial charge on any atom is 0.431 e. The molecule has 3 aromatic heterocycles. The molecule has 3 heterocycles. The van der Waals surface area contributed by atoms with Crippen molar-refractivity contribution in [2.45, 2.75) is 33.4 Å². The van der Waals surface area contributed by atoms with E-state index in [0.29, 0.717) is 11.4 Å². The summed E-state index contributed by atoms with van der Waals surface area (Å²) in [6.07, 6.45) is -0.343. The van der Waals surface area contributed by atoms with E-state index in [-0.39, 0.29) is 36.8 Å². The van der Waals surface area contributed by atoms with Crippen LogP contribution in [0.2, 0.25) is 0 Å². The molecule has 1 aromatic carbocycles. The Morgan fingerprint density at radius 3 is 2.20 bits per heavy atom. The fraction of sp³-hybridized carbons (Fsp3) is 0.240. The van der Waals surface area contributed by atoms with Gasteiger partial charge < -0.3 is 15.2 Å². The summed E-state index contributed by atoms with van der Waals surface area (Å²) < 4.78 is 63.0. The molecule has 0 spiro atoms. The average Bonchev–Trinajstić information content (AvgIpc) is 3.26. The summed E-state index contributed by atoms with van der Waals surface area (Å²) in [7, 11) is 0. The van der Waals surface area contributed by atoms with Crippen LogP contribution < -0.4 is 5.10 Å². The minimum Gasteiger partial charge on any atom is -0.573 e. The molecule has 0 aliphatic carbocycles. The zero-order valence-electron chi connectivity index (χ0n) is 19.0. The Kier molecular flexibility index (Phi) is 9.40. The monoisotopic (exact) mass is 665 g/mol. The van der Waals surface area contributed by atoms with E-state index >= 15 is 0 Å². The number of nitrogens with zero attached hydrogens (tertiary/aromatic N) is 4. The predicted octanol–water partition coefficient (Wildman–Crippen LogP) is 6.53. The van der Waals surface area contributed by atoms with Gasteiger partial charge in [0.05, 0.1) is 0 Å². The van der Waals surface area contributed by atoms with Gasteiger partial charge in [0.1, 0.15) is 5.69 Å². The van der Waals surface area contributed by atoms with Gasteiger partial charge in [-0.1, -0.05) is 56.3 Å². The molecule has 0 amide bonds. The second-order valence-corrected chi connectivity index (χ2v) is 8.66. The summed E-state index contributed by atoms with van der Waals surface area (Å²) in [6.45, 7) is 6.44. The molecule has 4 rings (SSSR count). The van der Waals surface area contributed by atoms with Gasteiger partial charge in [-0.2, -0.15) is 13.2 Å². The van der Waals surface area contributed by atoms with Crippen LogP contribution in [0.1, 0.15) is 32.0 Å². The standard InChI is InChI=1S/C16H16F2N.C9H5F3N3.Ir/c1-16(2,3)9-11-4-7-15(19-10-11)13-6-5-12(17)8-14(13)18;10-9(11,12)8-5-7(14-15-8)6-3-1-2-4-13-6;/h4-5,7-8,10H,9H2,1-3H3;1-5H;/q2*-1;. The van der Waals surface area contributed by atoms with Gasteiger partial charge >= 0.3 is 6.18 Å². The van der Waals surface area contributed by atoms with Crippen LogP contribution in [0.5, 0.6) is 0 Å². The number of pyridine rings is 2. The quantitative estimate of drug-likeness (QED) is 0.185. The van der Waals surface area contributed by atoms with Crippen LogP contribution in [0.3, 0.4) is 0 Å². The molecule has 187 valence electrons. The van der Waals surface area contributed by atoms with E-state index in [9.17, 15) is 22.0 Å². The van der Waals surface area contributed by atoms with Crippen molar-refractivity contribution in [1.29, 1.82) is 0 Å². The van der Waals surface area contributed by atoms with Gasteiger partial charge in [0.2, 0.25) is 0 Å². The Morgan fingerprint density at radius 2 is 1.69 bits per heavy atom. The fourth-order valence-electron chi connectivity index (χ4n) is 3.00. The second kappa shape index (κ2) is 11.6. The molecule has 4 aromatic rings. The molecule has 0 atom stereocenters. The first-order valence-corrected chi connectivity index (χ1v) is 10.2. The zero-order chi connectivity index (χ0) is 24.9. The summed E-state index contributed by atoms with van der Waals surface area (Å²) >= 11 is 0. The van der Waals surface area contributed by atoms with Crippen LogP contribution in [0.25, 0.3) is 22.6 Å². The Hall–Kier alpha value is -2.97. The van der Waals surface area contributed by atoms with Crippen molar-refractivity contribution in [3.05, 3.63) is 89.9 Å². The van der Waals surface area contributed by atoms with Gasteiger partial charge in [-0.05, 0) is 41.3 Å². The number of aromatic nitrogens is 4. The van der Waals surface area contributed by atoms with Crippen molar-refractivity contribution in [2.24, 2.45) is 5.41 Å². The Balaban J connectivity index is 0.000000246. The van der Waals surface area contributed by atoms with Crippen LogP contribution in [-0.4, -0.2) is 15.1 Å². The van der Waals surface area contributed by atoms with Crippen molar-refractivity contribution in [1.82, 2.24) is 20.2 Å². The number of hydrogen-bond acceptors (Lipinski definition) is 3. The Morgan fingerprint density at radius 1 is 0.943 bits per heavy atom. The van der Waals surface area contributed by atoms with Gasteiger partial charge in [0, 0.05) is 49.8 Å². The molecule has 0 saturated carbocycles. The first kappa shape index (κ1) is 28.3. The van der Waals surface area contributed by atoms with Crippen molar-refractivity contribution in [2.75, 3.05) is 0 Å². The second-order valence-electron chi connectivity index (χ2n) is 8.66. The van der Waals surface area contributed by atoms with Crippen LogP contribution in [-0.2, 0) is 32.7 Å².